The fourth-order valence-corrected chi connectivity index (χ4v) is 4.45. The fourth-order valence-electron chi connectivity index (χ4n) is 3.80. The summed E-state index contributed by atoms with van der Waals surface area (Å²) < 4.78 is 0. The lowest BCUT2D eigenvalue weighted by molar-refractivity contribution is 0.738. The molecule has 29 heavy (non-hydrogen) atoms. The molecule has 0 bridgehead atoms. The molecular weight excluding hydrogens is 382 g/mol. The molecule has 6 heterocycles. The van der Waals surface area contributed by atoms with Gasteiger partial charge in [0.1, 0.15) is 11.2 Å². The summed E-state index contributed by atoms with van der Waals surface area (Å²) in [7, 11) is 0. The van der Waals surface area contributed by atoms with E-state index in [1.165, 1.54) is 5.57 Å². The third-order valence-corrected chi connectivity index (χ3v) is 5.96. The van der Waals surface area contributed by atoms with E-state index in [4.69, 9.17) is 4.98 Å². The van der Waals surface area contributed by atoms with Crippen molar-refractivity contribution in [3.63, 3.8) is 0 Å². The number of pyridine rings is 2. The van der Waals surface area contributed by atoms with E-state index in [1.807, 2.05) is 18.5 Å². The van der Waals surface area contributed by atoms with Gasteiger partial charge in [0.2, 0.25) is 0 Å². The van der Waals surface area contributed by atoms with Gasteiger partial charge >= 0.3 is 0 Å². The zero-order valence-corrected chi connectivity index (χ0v) is 16.3. The van der Waals surface area contributed by atoms with Gasteiger partial charge in [-0.25, -0.2) is 9.97 Å². The highest BCUT2D eigenvalue weighted by Crippen LogP contribution is 2.31. The molecule has 0 unspecified atom stereocenters. The maximum atomic E-state index is 4.87. The van der Waals surface area contributed by atoms with E-state index in [-0.39, 0.29) is 0 Å². The average molecular weight is 399 g/mol. The van der Waals surface area contributed by atoms with Crippen LogP contribution in [0.1, 0.15) is 12.0 Å². The maximum Gasteiger partial charge on any atom is 0.181 e. The summed E-state index contributed by atoms with van der Waals surface area (Å²) in [6, 6.07) is 6.17. The Kier molecular flexibility index (Phi) is 3.78. The molecule has 1 aliphatic rings. The van der Waals surface area contributed by atoms with Crippen LogP contribution in [0.5, 0.6) is 0 Å². The van der Waals surface area contributed by atoms with E-state index in [0.29, 0.717) is 5.65 Å². The smallest absolute Gasteiger partial charge is 0.181 e. The maximum absolute atomic E-state index is 4.87. The van der Waals surface area contributed by atoms with Crippen molar-refractivity contribution in [3.05, 3.63) is 53.0 Å². The Labute approximate surface area is 169 Å². The minimum atomic E-state index is 0.690. The highest BCUT2D eigenvalue weighted by Gasteiger charge is 2.17. The summed E-state index contributed by atoms with van der Waals surface area (Å²) in [6.07, 6.45) is 6.94. The largest absolute Gasteiger partial charge is 0.337 e. The molecule has 5 aromatic rings. The summed E-state index contributed by atoms with van der Waals surface area (Å²) in [5, 5.41) is 16.0. The molecule has 0 amide bonds. The van der Waals surface area contributed by atoms with E-state index < -0.39 is 0 Å². The van der Waals surface area contributed by atoms with Crippen LogP contribution in [-0.2, 0) is 0 Å². The SMILES string of the molecule is C1=C(c2cnc3n[nH]c(-c4nc5c(-c6ccsc6)nccc5[nH]4)c3c2)CCNC1. The molecule has 0 atom stereocenters. The van der Waals surface area contributed by atoms with Gasteiger partial charge in [0.25, 0.3) is 0 Å². The van der Waals surface area contributed by atoms with Crippen LogP contribution in [0.3, 0.4) is 0 Å². The number of hydrogen-bond acceptors (Lipinski definition) is 6. The normalized spacial score (nSPS) is 14.6. The predicted octanol–water partition coefficient (Wildman–Crippen LogP) is 4.00. The predicted molar refractivity (Wildman–Crippen MR) is 116 cm³/mol. The van der Waals surface area contributed by atoms with Gasteiger partial charge in [0.05, 0.1) is 16.6 Å². The van der Waals surface area contributed by atoms with Crippen LogP contribution >= 0.6 is 11.3 Å². The number of fused-ring (bicyclic) bond motifs is 2. The van der Waals surface area contributed by atoms with Gasteiger partial charge < -0.3 is 10.3 Å². The van der Waals surface area contributed by atoms with Crippen molar-refractivity contribution in [2.24, 2.45) is 0 Å². The quantitative estimate of drug-likeness (QED) is 0.426. The molecule has 0 aromatic carbocycles. The Morgan fingerprint density at radius 2 is 2.10 bits per heavy atom. The number of aromatic amines is 2. The first-order chi connectivity index (χ1) is 14.4. The van der Waals surface area contributed by atoms with Crippen LogP contribution in [0.4, 0.5) is 0 Å². The summed E-state index contributed by atoms with van der Waals surface area (Å²) in [4.78, 5) is 17.4. The van der Waals surface area contributed by atoms with E-state index in [1.54, 1.807) is 11.3 Å². The highest BCUT2D eigenvalue weighted by molar-refractivity contribution is 7.08. The van der Waals surface area contributed by atoms with Crippen LogP contribution < -0.4 is 5.32 Å². The lowest BCUT2D eigenvalue weighted by Crippen LogP contribution is -2.20. The molecule has 6 rings (SSSR count). The Bertz CT molecular complexity index is 1360. The molecule has 0 spiro atoms. The van der Waals surface area contributed by atoms with Gasteiger partial charge in [-0.3, -0.25) is 10.1 Å². The molecule has 0 aliphatic carbocycles. The van der Waals surface area contributed by atoms with E-state index in [0.717, 1.165) is 64.3 Å². The summed E-state index contributed by atoms with van der Waals surface area (Å²) in [5.74, 6) is 0.741. The van der Waals surface area contributed by atoms with Crippen molar-refractivity contribution in [2.45, 2.75) is 6.42 Å². The molecule has 5 aromatic heterocycles. The zero-order valence-electron chi connectivity index (χ0n) is 15.4. The van der Waals surface area contributed by atoms with Crippen molar-refractivity contribution < 1.29 is 0 Å². The van der Waals surface area contributed by atoms with Gasteiger partial charge in [0, 0.05) is 29.9 Å². The second-order valence-corrected chi connectivity index (χ2v) is 7.81. The van der Waals surface area contributed by atoms with E-state index >= 15 is 0 Å². The second kappa shape index (κ2) is 6.61. The number of thiophene rings is 1. The number of nitrogens with one attached hydrogen (secondary N) is 3. The van der Waals surface area contributed by atoms with E-state index in [2.05, 4.69) is 59.4 Å². The van der Waals surface area contributed by atoms with Crippen LogP contribution in [-0.4, -0.2) is 43.2 Å². The molecule has 0 saturated heterocycles. The number of nitrogens with zero attached hydrogens (tertiary/aromatic N) is 4. The van der Waals surface area contributed by atoms with E-state index in [9.17, 15) is 0 Å². The van der Waals surface area contributed by atoms with Gasteiger partial charge in [-0.1, -0.05) is 6.08 Å². The molecule has 0 fully saturated rings. The standard InChI is InChI=1S/C21H17N7S/c1-5-22-6-2-12(1)14-9-15-18(27-28-20(15)24-10-14)21-25-16-3-7-23-17(19(16)26-21)13-4-8-29-11-13/h1,3-4,7-11,22H,2,5-6H2,(H,25,26)(H,24,27,28). The number of rotatable bonds is 3. The molecule has 3 N–H and O–H groups in total. The highest BCUT2D eigenvalue weighted by atomic mass is 32.1. The van der Waals surface area contributed by atoms with Crippen molar-refractivity contribution in [2.75, 3.05) is 13.1 Å². The Hall–Kier alpha value is -3.36. The topological polar surface area (TPSA) is 95.2 Å². The fraction of sp³-hybridized carbons (Fsp3) is 0.143. The monoisotopic (exact) mass is 399 g/mol. The molecule has 0 saturated carbocycles. The van der Waals surface area contributed by atoms with Crippen molar-refractivity contribution >= 4 is 39.0 Å². The van der Waals surface area contributed by atoms with Crippen LogP contribution in [0.15, 0.2) is 47.4 Å². The number of aromatic nitrogens is 6. The molecular formula is C21H17N7S. The summed E-state index contributed by atoms with van der Waals surface area (Å²) in [6.45, 7) is 1.89. The second-order valence-electron chi connectivity index (χ2n) is 7.03. The van der Waals surface area contributed by atoms with Crippen LogP contribution in [0, 0.1) is 0 Å². The van der Waals surface area contributed by atoms with Gasteiger partial charge in [-0.15, -0.1) is 0 Å². The van der Waals surface area contributed by atoms with Crippen LogP contribution in [0.2, 0.25) is 0 Å². The third-order valence-electron chi connectivity index (χ3n) is 5.28. The number of hydrogen-bond donors (Lipinski definition) is 3. The Morgan fingerprint density at radius 1 is 1.10 bits per heavy atom. The summed E-state index contributed by atoms with van der Waals surface area (Å²) >= 11 is 1.65. The molecule has 0 radical (unpaired) electrons. The minimum Gasteiger partial charge on any atom is -0.337 e. The van der Waals surface area contributed by atoms with Gasteiger partial charge in [-0.05, 0) is 47.7 Å². The van der Waals surface area contributed by atoms with Gasteiger partial charge in [-0.2, -0.15) is 16.4 Å². The van der Waals surface area contributed by atoms with Crippen molar-refractivity contribution in [3.8, 4) is 22.8 Å². The summed E-state index contributed by atoms with van der Waals surface area (Å²) in [5.41, 5.74) is 7.75. The first kappa shape index (κ1) is 16.6. The average Bonchev–Trinajstić information content (AvgIpc) is 3.52. The Balaban J connectivity index is 1.50. The lowest BCUT2D eigenvalue weighted by atomic mass is 10.0. The molecule has 8 heteroatoms. The lowest BCUT2D eigenvalue weighted by Gasteiger charge is -2.13. The molecule has 142 valence electrons. The van der Waals surface area contributed by atoms with Crippen molar-refractivity contribution in [1.82, 2.24) is 35.5 Å². The van der Waals surface area contributed by atoms with Gasteiger partial charge in [0.15, 0.2) is 11.5 Å². The third kappa shape index (κ3) is 2.76. The molecule has 7 nitrogen and oxygen atoms in total. The molecule has 1 aliphatic heterocycles. The number of H-pyrrole nitrogens is 2. The minimum absolute atomic E-state index is 0.690. The first-order valence-electron chi connectivity index (χ1n) is 9.49. The number of imidazole rings is 1. The first-order valence-corrected chi connectivity index (χ1v) is 10.4. The van der Waals surface area contributed by atoms with Crippen LogP contribution in [0.25, 0.3) is 50.4 Å². The Morgan fingerprint density at radius 3 is 2.97 bits per heavy atom. The zero-order chi connectivity index (χ0) is 19.2. The van der Waals surface area contributed by atoms with Crippen molar-refractivity contribution in [1.29, 1.82) is 0 Å².